The largest absolute Gasteiger partial charge is 0.462 e. The second-order valence-electron chi connectivity index (χ2n) is 6.20. The molecule has 0 unspecified atom stereocenters. The molecule has 5 heteroatoms. The molecule has 2 bridgehead atoms. The predicted octanol–water partition coefficient (Wildman–Crippen LogP) is 1.96. The summed E-state index contributed by atoms with van der Waals surface area (Å²) >= 11 is 0. The molecule has 0 aromatic carbocycles. The number of pyridine rings is 1. The fourth-order valence-electron chi connectivity index (χ4n) is 3.56. The zero-order valence-corrected chi connectivity index (χ0v) is 12.1. The van der Waals surface area contributed by atoms with Crippen LogP contribution >= 0.6 is 0 Å². The number of rotatable bonds is 2. The zero-order valence-electron chi connectivity index (χ0n) is 12.1. The predicted molar refractivity (Wildman–Crippen MR) is 79.2 cm³/mol. The highest BCUT2D eigenvalue weighted by Crippen LogP contribution is 2.27. The number of furan rings is 1. The van der Waals surface area contributed by atoms with E-state index in [1.807, 2.05) is 13.0 Å². The Hall–Kier alpha value is -1.88. The normalized spacial score (nSPS) is 28.0. The van der Waals surface area contributed by atoms with E-state index in [2.05, 4.69) is 15.2 Å². The second kappa shape index (κ2) is 4.84. The van der Waals surface area contributed by atoms with Crippen molar-refractivity contribution in [3.05, 3.63) is 29.8 Å². The highest BCUT2D eigenvalue weighted by atomic mass is 16.3. The number of amides is 1. The van der Waals surface area contributed by atoms with E-state index in [0.29, 0.717) is 11.6 Å². The first-order chi connectivity index (χ1) is 10.2. The van der Waals surface area contributed by atoms with Crippen LogP contribution in [0.25, 0.3) is 11.0 Å². The molecule has 5 nitrogen and oxygen atoms in total. The monoisotopic (exact) mass is 286 g/mol. The van der Waals surface area contributed by atoms with Crippen LogP contribution in [-0.4, -0.2) is 41.5 Å². The average molecular weight is 286 g/mol. The number of aryl methyl sites for hydroxylation is 1. The quantitative estimate of drug-likeness (QED) is 0.857. The molecule has 3 aliphatic rings. The van der Waals surface area contributed by atoms with Gasteiger partial charge in [0.25, 0.3) is 5.91 Å². The van der Waals surface area contributed by atoms with E-state index in [1.54, 1.807) is 12.5 Å². The van der Waals surface area contributed by atoms with Gasteiger partial charge >= 0.3 is 0 Å². The third-order valence-corrected chi connectivity index (χ3v) is 4.86. The Morgan fingerprint density at radius 1 is 1.43 bits per heavy atom. The Morgan fingerprint density at radius 2 is 2.24 bits per heavy atom. The lowest BCUT2D eigenvalue weighted by atomic mass is 9.84. The van der Waals surface area contributed by atoms with Crippen LogP contribution in [0.2, 0.25) is 0 Å². The fraction of sp³-hybridized carbons (Fsp3) is 0.500. The van der Waals surface area contributed by atoms with Crippen LogP contribution in [0, 0.1) is 12.8 Å². The second-order valence-corrected chi connectivity index (χ2v) is 6.20. The Bertz CT molecular complexity index is 686. The fourth-order valence-corrected chi connectivity index (χ4v) is 3.56. The minimum Gasteiger partial charge on any atom is -0.462 e. The maximum absolute atomic E-state index is 12.4. The van der Waals surface area contributed by atoms with Crippen molar-refractivity contribution >= 4 is 16.9 Å². The van der Waals surface area contributed by atoms with E-state index in [4.69, 9.17) is 4.42 Å². The highest BCUT2D eigenvalue weighted by molar-refractivity contribution is 5.96. The number of aromatic nitrogens is 1. The summed E-state index contributed by atoms with van der Waals surface area (Å²) in [4.78, 5) is 19.1. The van der Waals surface area contributed by atoms with Crippen molar-refractivity contribution in [1.82, 2.24) is 15.2 Å². The van der Waals surface area contributed by atoms with Gasteiger partial charge in [-0.15, -0.1) is 0 Å². The van der Waals surface area contributed by atoms with Crippen LogP contribution in [0.3, 0.4) is 0 Å². The number of carbonyl (C=O) groups excluding carboxylic acids is 1. The van der Waals surface area contributed by atoms with Crippen LogP contribution in [0.5, 0.6) is 0 Å². The van der Waals surface area contributed by atoms with Crippen LogP contribution in [0.1, 0.15) is 28.9 Å². The van der Waals surface area contributed by atoms with Crippen molar-refractivity contribution in [2.24, 2.45) is 5.92 Å². The molecule has 5 heterocycles. The van der Waals surface area contributed by atoms with Gasteiger partial charge in [0.1, 0.15) is 5.69 Å². The summed E-state index contributed by atoms with van der Waals surface area (Å²) in [5.41, 5.74) is 2.24. The van der Waals surface area contributed by atoms with E-state index >= 15 is 0 Å². The van der Waals surface area contributed by atoms with Crippen LogP contribution in [0.4, 0.5) is 0 Å². The molecule has 3 fully saturated rings. The maximum atomic E-state index is 12.4. The van der Waals surface area contributed by atoms with Gasteiger partial charge in [0.2, 0.25) is 0 Å². The molecular weight excluding hydrogens is 267 g/mol. The lowest BCUT2D eigenvalue weighted by Gasteiger charge is -2.44. The summed E-state index contributed by atoms with van der Waals surface area (Å²) in [5.74, 6) is 0.551. The lowest BCUT2D eigenvalue weighted by Crippen LogP contribution is -2.57. The lowest BCUT2D eigenvalue weighted by molar-refractivity contribution is 0.0618. The molecule has 0 spiro atoms. The molecule has 2 aromatic heterocycles. The first-order valence-electron chi connectivity index (χ1n) is 7.58. The molecule has 1 atom stereocenters. The molecule has 1 amide bonds. The molecule has 0 radical (unpaired) electrons. The van der Waals surface area contributed by atoms with Crippen molar-refractivity contribution in [1.29, 1.82) is 0 Å². The van der Waals surface area contributed by atoms with Crippen molar-refractivity contribution in [3.8, 4) is 0 Å². The van der Waals surface area contributed by atoms with Gasteiger partial charge in [-0.2, -0.15) is 0 Å². The van der Waals surface area contributed by atoms with Crippen LogP contribution in [-0.2, 0) is 0 Å². The van der Waals surface area contributed by atoms with Crippen molar-refractivity contribution in [2.75, 3.05) is 19.6 Å². The summed E-state index contributed by atoms with van der Waals surface area (Å²) in [7, 11) is 0. The molecule has 0 saturated carbocycles. The Morgan fingerprint density at radius 3 is 2.95 bits per heavy atom. The first kappa shape index (κ1) is 12.8. The zero-order chi connectivity index (χ0) is 14.4. The topological polar surface area (TPSA) is 58.4 Å². The van der Waals surface area contributed by atoms with E-state index in [1.165, 1.54) is 25.9 Å². The molecule has 5 rings (SSSR count). The van der Waals surface area contributed by atoms with E-state index in [-0.39, 0.29) is 11.9 Å². The smallest absolute Gasteiger partial charge is 0.270 e. The van der Waals surface area contributed by atoms with Crippen molar-refractivity contribution < 1.29 is 9.21 Å². The van der Waals surface area contributed by atoms with E-state index in [0.717, 1.165) is 23.1 Å². The number of hydrogen-bond acceptors (Lipinski definition) is 4. The SMILES string of the molecule is Cc1coc2cnc([13C](=O)N[C@@H]3CN4CCC3CC4)cc12. The summed E-state index contributed by atoms with van der Waals surface area (Å²) < 4.78 is 5.37. The third kappa shape index (κ3) is 2.21. The Labute approximate surface area is 123 Å². The number of hydrogen-bond donors (Lipinski definition) is 1. The first-order valence-corrected chi connectivity index (χ1v) is 7.58. The molecule has 3 aliphatic heterocycles. The van der Waals surface area contributed by atoms with Gasteiger partial charge < -0.3 is 14.6 Å². The Kier molecular flexibility index (Phi) is 2.96. The van der Waals surface area contributed by atoms with Gasteiger partial charge in [-0.3, -0.25) is 4.79 Å². The number of carbonyl (C=O) groups is 1. The molecular formula is C16H19N3O2. The highest BCUT2D eigenvalue weighted by Gasteiger charge is 2.35. The van der Waals surface area contributed by atoms with E-state index < -0.39 is 0 Å². The molecule has 0 aliphatic carbocycles. The van der Waals surface area contributed by atoms with Crippen LogP contribution < -0.4 is 5.32 Å². The van der Waals surface area contributed by atoms with Gasteiger partial charge in [0, 0.05) is 18.0 Å². The Balaban J connectivity index is 1.54. The van der Waals surface area contributed by atoms with Gasteiger partial charge in [0.15, 0.2) is 5.58 Å². The molecule has 110 valence electrons. The van der Waals surface area contributed by atoms with Crippen molar-refractivity contribution in [3.63, 3.8) is 0 Å². The van der Waals surface area contributed by atoms with E-state index in [9.17, 15) is 4.79 Å². The molecule has 3 saturated heterocycles. The summed E-state index contributed by atoms with van der Waals surface area (Å²) in [5, 5.41) is 4.13. The maximum Gasteiger partial charge on any atom is 0.270 e. The summed E-state index contributed by atoms with van der Waals surface area (Å²) in [6.07, 6.45) is 5.71. The van der Waals surface area contributed by atoms with Gasteiger partial charge in [-0.05, 0) is 50.4 Å². The van der Waals surface area contributed by atoms with Crippen LogP contribution in [0.15, 0.2) is 22.9 Å². The standard InChI is InChI=1S/C16H19N3O2/c1-10-9-21-15-7-17-13(6-12(10)15)16(20)18-14-8-19-4-2-11(14)3-5-19/h6-7,9,11,14H,2-5,8H2,1H3,(H,18,20)/t14-/m1/s1/i16+1. The molecule has 21 heavy (non-hydrogen) atoms. The van der Waals surface area contributed by atoms with Crippen molar-refractivity contribution in [2.45, 2.75) is 25.8 Å². The number of nitrogens with one attached hydrogen (secondary N) is 1. The third-order valence-electron chi connectivity index (χ3n) is 4.86. The number of fused-ring (bicyclic) bond motifs is 4. The number of nitrogens with zero attached hydrogens (tertiary/aromatic N) is 2. The summed E-state index contributed by atoms with van der Waals surface area (Å²) in [6, 6.07) is 2.09. The van der Waals surface area contributed by atoms with Gasteiger partial charge in [-0.25, -0.2) is 4.98 Å². The van der Waals surface area contributed by atoms with Gasteiger partial charge in [-0.1, -0.05) is 0 Å². The minimum absolute atomic E-state index is 0.0729. The minimum atomic E-state index is -0.0729. The average Bonchev–Trinajstić information content (AvgIpc) is 2.89. The number of piperidine rings is 3. The van der Waals surface area contributed by atoms with Gasteiger partial charge in [0.05, 0.1) is 12.5 Å². The molecule has 1 N–H and O–H groups in total. The summed E-state index contributed by atoms with van der Waals surface area (Å²) in [6.45, 7) is 5.30. The molecule has 2 aromatic rings.